The van der Waals surface area contributed by atoms with Gasteiger partial charge in [0.15, 0.2) is 14.9 Å². The maximum Gasteiger partial charge on any atom is 0.255 e. The summed E-state index contributed by atoms with van der Waals surface area (Å²) in [5.74, 6) is 0.334. The first kappa shape index (κ1) is 18.6. The second kappa shape index (κ2) is 7.59. The number of benzene rings is 2. The summed E-state index contributed by atoms with van der Waals surface area (Å²) in [6.45, 7) is 0. The number of carbonyl (C=O) groups is 1. The van der Waals surface area contributed by atoms with E-state index in [1.165, 1.54) is 18.3 Å². The third-order valence-corrected chi connectivity index (χ3v) is 4.92. The van der Waals surface area contributed by atoms with Crippen LogP contribution in [0.5, 0.6) is 5.75 Å². The van der Waals surface area contributed by atoms with E-state index in [1.807, 2.05) is 30.3 Å². The van der Waals surface area contributed by atoms with Crippen molar-refractivity contribution in [2.75, 3.05) is 18.7 Å². The molecule has 138 valence electrons. The van der Waals surface area contributed by atoms with Crippen LogP contribution in [0.25, 0.3) is 11.1 Å². The fourth-order valence-electron chi connectivity index (χ4n) is 2.57. The highest BCUT2D eigenvalue weighted by atomic mass is 32.2. The zero-order valence-electron chi connectivity index (χ0n) is 14.8. The molecule has 6 nitrogen and oxygen atoms in total. The molecule has 0 unspecified atom stereocenters. The third kappa shape index (κ3) is 4.32. The van der Waals surface area contributed by atoms with Crippen molar-refractivity contribution in [3.8, 4) is 16.9 Å². The Balaban J connectivity index is 1.87. The van der Waals surface area contributed by atoms with Gasteiger partial charge in [-0.3, -0.25) is 4.79 Å². The van der Waals surface area contributed by atoms with E-state index in [-0.39, 0.29) is 10.9 Å². The summed E-state index contributed by atoms with van der Waals surface area (Å²) in [5, 5.41) is 2.67. The quantitative estimate of drug-likeness (QED) is 0.731. The Labute approximate surface area is 157 Å². The average Bonchev–Trinajstić information content (AvgIpc) is 2.68. The number of hydrogen-bond acceptors (Lipinski definition) is 5. The number of sulfone groups is 1. The minimum absolute atomic E-state index is 0.0451. The van der Waals surface area contributed by atoms with Gasteiger partial charge in [-0.15, -0.1) is 0 Å². The Hall–Kier alpha value is -3.19. The van der Waals surface area contributed by atoms with Gasteiger partial charge in [-0.2, -0.15) is 0 Å². The van der Waals surface area contributed by atoms with Crippen LogP contribution < -0.4 is 10.1 Å². The van der Waals surface area contributed by atoms with Gasteiger partial charge < -0.3 is 10.1 Å². The van der Waals surface area contributed by atoms with E-state index >= 15 is 0 Å². The standard InChI is InChI=1S/C20H18N2O4S/c1-26-18-10-8-15(12-17(18)14-6-4-3-5-7-14)20(23)22-16-9-11-19(21-13-16)27(2,24)25/h3-13H,1-2H3,(H,22,23). The van der Waals surface area contributed by atoms with E-state index in [0.717, 1.165) is 17.4 Å². The van der Waals surface area contributed by atoms with Gasteiger partial charge in [0.05, 0.1) is 19.0 Å². The average molecular weight is 382 g/mol. The number of nitrogens with zero attached hydrogens (tertiary/aromatic N) is 1. The van der Waals surface area contributed by atoms with Gasteiger partial charge in [0.1, 0.15) is 5.75 Å². The normalized spacial score (nSPS) is 11.0. The number of ether oxygens (including phenoxy) is 1. The van der Waals surface area contributed by atoms with E-state index in [0.29, 0.717) is 17.0 Å². The lowest BCUT2D eigenvalue weighted by atomic mass is 10.0. The lowest BCUT2D eigenvalue weighted by molar-refractivity contribution is 0.102. The molecule has 2 aromatic carbocycles. The summed E-state index contributed by atoms with van der Waals surface area (Å²) < 4.78 is 28.3. The molecular formula is C20H18N2O4S. The molecule has 7 heteroatoms. The van der Waals surface area contributed by atoms with E-state index in [2.05, 4.69) is 10.3 Å². The van der Waals surface area contributed by atoms with Crippen molar-refractivity contribution in [1.82, 2.24) is 4.98 Å². The van der Waals surface area contributed by atoms with Crippen molar-refractivity contribution >= 4 is 21.4 Å². The van der Waals surface area contributed by atoms with Crippen molar-refractivity contribution in [3.05, 3.63) is 72.4 Å². The summed E-state index contributed by atoms with van der Waals surface area (Å²) in [6.07, 6.45) is 2.39. The summed E-state index contributed by atoms with van der Waals surface area (Å²) >= 11 is 0. The van der Waals surface area contributed by atoms with Crippen molar-refractivity contribution in [1.29, 1.82) is 0 Å². The highest BCUT2D eigenvalue weighted by molar-refractivity contribution is 7.90. The van der Waals surface area contributed by atoms with Crippen LogP contribution in [0.15, 0.2) is 71.9 Å². The molecule has 27 heavy (non-hydrogen) atoms. The molecule has 1 N–H and O–H groups in total. The summed E-state index contributed by atoms with van der Waals surface area (Å²) in [4.78, 5) is 16.4. The number of methoxy groups -OCH3 is 1. The molecule has 3 rings (SSSR count). The Morgan fingerprint density at radius 2 is 1.78 bits per heavy atom. The monoisotopic (exact) mass is 382 g/mol. The Kier molecular flexibility index (Phi) is 5.23. The minimum atomic E-state index is -3.38. The predicted molar refractivity (Wildman–Crippen MR) is 104 cm³/mol. The predicted octanol–water partition coefficient (Wildman–Crippen LogP) is 3.41. The smallest absolute Gasteiger partial charge is 0.255 e. The van der Waals surface area contributed by atoms with Gasteiger partial charge >= 0.3 is 0 Å². The lowest BCUT2D eigenvalue weighted by Crippen LogP contribution is -2.12. The number of aromatic nitrogens is 1. The largest absolute Gasteiger partial charge is 0.496 e. The van der Waals surface area contributed by atoms with Crippen LogP contribution in [0.4, 0.5) is 5.69 Å². The van der Waals surface area contributed by atoms with E-state index in [4.69, 9.17) is 4.74 Å². The first-order chi connectivity index (χ1) is 12.9. The number of nitrogens with one attached hydrogen (secondary N) is 1. The van der Waals surface area contributed by atoms with Gasteiger partial charge in [0.2, 0.25) is 0 Å². The first-order valence-corrected chi connectivity index (χ1v) is 9.98. The van der Waals surface area contributed by atoms with Crippen LogP contribution >= 0.6 is 0 Å². The first-order valence-electron chi connectivity index (χ1n) is 8.09. The number of hydrogen-bond donors (Lipinski definition) is 1. The van der Waals surface area contributed by atoms with Gasteiger partial charge in [-0.05, 0) is 35.9 Å². The molecule has 0 atom stereocenters. The summed E-state index contributed by atoms with van der Waals surface area (Å²) in [6, 6.07) is 17.6. The lowest BCUT2D eigenvalue weighted by Gasteiger charge is -2.11. The molecule has 0 aliphatic carbocycles. The topological polar surface area (TPSA) is 85.4 Å². The van der Waals surface area contributed by atoms with Gasteiger partial charge in [0, 0.05) is 17.4 Å². The van der Waals surface area contributed by atoms with Crippen LogP contribution in [-0.2, 0) is 9.84 Å². The maximum atomic E-state index is 12.6. The van der Waals surface area contributed by atoms with E-state index in [9.17, 15) is 13.2 Å². The molecule has 1 aromatic heterocycles. The van der Waals surface area contributed by atoms with Crippen molar-refractivity contribution in [2.45, 2.75) is 5.03 Å². The highest BCUT2D eigenvalue weighted by Crippen LogP contribution is 2.31. The molecule has 0 saturated carbocycles. The number of anilines is 1. The summed E-state index contributed by atoms with van der Waals surface area (Å²) in [7, 11) is -1.80. The van der Waals surface area contributed by atoms with Crippen LogP contribution in [0.1, 0.15) is 10.4 Å². The molecule has 0 aliphatic heterocycles. The molecular weight excluding hydrogens is 364 g/mol. The third-order valence-electron chi connectivity index (χ3n) is 3.92. The maximum absolute atomic E-state index is 12.6. The molecule has 0 fully saturated rings. The van der Waals surface area contributed by atoms with Crippen molar-refractivity contribution in [2.24, 2.45) is 0 Å². The Morgan fingerprint density at radius 3 is 2.37 bits per heavy atom. The van der Waals surface area contributed by atoms with Gasteiger partial charge in [0.25, 0.3) is 5.91 Å². The van der Waals surface area contributed by atoms with E-state index < -0.39 is 9.84 Å². The van der Waals surface area contributed by atoms with Crippen molar-refractivity contribution < 1.29 is 17.9 Å². The molecule has 0 bridgehead atoms. The zero-order valence-corrected chi connectivity index (χ0v) is 15.7. The molecule has 0 aliphatic rings. The highest BCUT2D eigenvalue weighted by Gasteiger charge is 2.13. The fourth-order valence-corrected chi connectivity index (χ4v) is 3.13. The summed E-state index contributed by atoms with van der Waals surface area (Å²) in [5.41, 5.74) is 2.59. The number of amides is 1. The zero-order chi connectivity index (χ0) is 19.4. The molecule has 3 aromatic rings. The van der Waals surface area contributed by atoms with Gasteiger partial charge in [-0.25, -0.2) is 13.4 Å². The Morgan fingerprint density at radius 1 is 1.04 bits per heavy atom. The van der Waals surface area contributed by atoms with Gasteiger partial charge in [-0.1, -0.05) is 30.3 Å². The molecule has 1 heterocycles. The van der Waals surface area contributed by atoms with Crippen LogP contribution in [0, 0.1) is 0 Å². The van der Waals surface area contributed by atoms with Crippen LogP contribution in [-0.4, -0.2) is 32.7 Å². The number of carbonyl (C=O) groups excluding carboxylic acids is 1. The van der Waals surface area contributed by atoms with Crippen molar-refractivity contribution in [3.63, 3.8) is 0 Å². The molecule has 0 radical (unpaired) electrons. The molecule has 0 spiro atoms. The fraction of sp³-hybridized carbons (Fsp3) is 0.100. The second-order valence-corrected chi connectivity index (χ2v) is 7.86. The number of pyridine rings is 1. The number of rotatable bonds is 5. The van der Waals surface area contributed by atoms with E-state index in [1.54, 1.807) is 25.3 Å². The SMILES string of the molecule is COc1ccc(C(=O)Nc2ccc(S(C)(=O)=O)nc2)cc1-c1ccccc1. The second-order valence-electron chi connectivity index (χ2n) is 5.89. The minimum Gasteiger partial charge on any atom is -0.496 e. The molecule has 1 amide bonds. The molecule has 0 saturated heterocycles. The Bertz CT molecular complexity index is 1060. The van der Waals surface area contributed by atoms with Crippen LogP contribution in [0.3, 0.4) is 0 Å². The van der Waals surface area contributed by atoms with Crippen LogP contribution in [0.2, 0.25) is 0 Å².